The lowest BCUT2D eigenvalue weighted by Gasteiger charge is -2.33. The number of ketones is 1. The van der Waals surface area contributed by atoms with E-state index in [-0.39, 0.29) is 42.5 Å². The van der Waals surface area contributed by atoms with Crippen molar-refractivity contribution in [1.82, 2.24) is 9.97 Å². The fourth-order valence-corrected chi connectivity index (χ4v) is 2.98. The van der Waals surface area contributed by atoms with Gasteiger partial charge in [0.25, 0.3) is 6.43 Å². The minimum Gasteiger partial charge on any atom is -0.467 e. The number of rotatable bonds is 7. The summed E-state index contributed by atoms with van der Waals surface area (Å²) in [5, 5.41) is 0. The number of carbonyl (C=O) groups is 1. The SMILES string of the molecule is Cl.NC1=N[C@@](c2cc(CC(=O)c3cnc(OCC(F)(F)F)cn3)ccc2F)(C(F)F)COC1. The van der Waals surface area contributed by atoms with E-state index in [0.717, 1.165) is 24.5 Å². The molecular weight excluding hydrogens is 482 g/mol. The third-order valence-electron chi connectivity index (χ3n) is 4.44. The Labute approximate surface area is 189 Å². The molecule has 1 aromatic heterocycles. The van der Waals surface area contributed by atoms with Crippen molar-refractivity contribution in [2.24, 2.45) is 10.7 Å². The van der Waals surface area contributed by atoms with E-state index in [4.69, 9.17) is 10.5 Å². The largest absolute Gasteiger partial charge is 0.467 e. The number of ether oxygens (including phenoxy) is 2. The van der Waals surface area contributed by atoms with E-state index in [1.165, 1.54) is 6.07 Å². The summed E-state index contributed by atoms with van der Waals surface area (Å²) >= 11 is 0. The average Bonchev–Trinajstić information content (AvgIpc) is 2.73. The van der Waals surface area contributed by atoms with Crippen molar-refractivity contribution in [2.45, 2.75) is 24.6 Å². The number of nitrogens with zero attached hydrogens (tertiary/aromatic N) is 3. The maximum Gasteiger partial charge on any atom is 0.422 e. The van der Waals surface area contributed by atoms with Crippen molar-refractivity contribution in [3.63, 3.8) is 0 Å². The molecule has 0 aliphatic carbocycles. The second-order valence-corrected chi connectivity index (χ2v) is 6.88. The van der Waals surface area contributed by atoms with Crippen LogP contribution in [-0.2, 0) is 16.7 Å². The van der Waals surface area contributed by atoms with Crippen LogP contribution >= 0.6 is 12.4 Å². The van der Waals surface area contributed by atoms with E-state index in [0.29, 0.717) is 0 Å². The number of halogens is 7. The van der Waals surface area contributed by atoms with Crippen LogP contribution in [0.2, 0.25) is 0 Å². The summed E-state index contributed by atoms with van der Waals surface area (Å²) in [6.45, 7) is -2.35. The second-order valence-electron chi connectivity index (χ2n) is 6.88. The lowest BCUT2D eigenvalue weighted by molar-refractivity contribution is -0.154. The molecule has 14 heteroatoms. The van der Waals surface area contributed by atoms with Gasteiger partial charge < -0.3 is 15.2 Å². The van der Waals surface area contributed by atoms with Gasteiger partial charge in [-0.1, -0.05) is 6.07 Å². The molecule has 2 heterocycles. The second kappa shape index (κ2) is 10.3. The Balaban J connectivity index is 0.00000385. The first-order valence-electron chi connectivity index (χ1n) is 9.04. The number of Topliss-reactive ketones (excluding diaryl/α,β-unsaturated/α-hetero) is 1. The molecule has 0 radical (unpaired) electrons. The predicted octanol–water partition coefficient (Wildman–Crippen LogP) is 3.25. The molecular formula is C19H17ClF6N4O3. The number of alkyl halides is 5. The molecule has 0 saturated carbocycles. The van der Waals surface area contributed by atoms with E-state index >= 15 is 0 Å². The Kier molecular flexibility index (Phi) is 8.25. The molecule has 0 spiro atoms. The standard InChI is InChI=1S/C19H16F6N4O3.ClH/c20-12-2-1-10(3-11(12)18(17(21)22)8-31-7-15(26)29-18)4-14(30)13-5-28-16(6-27-13)32-9-19(23,24)25;/h1-3,5-6,17H,4,7-9H2,(H2,26,29);1H/t18-;/m0./s1. The number of aromatic nitrogens is 2. The fourth-order valence-electron chi connectivity index (χ4n) is 2.98. The van der Waals surface area contributed by atoms with Crippen LogP contribution in [-0.4, -0.2) is 54.0 Å². The van der Waals surface area contributed by atoms with E-state index in [2.05, 4.69) is 19.7 Å². The van der Waals surface area contributed by atoms with Crippen LogP contribution in [0.4, 0.5) is 26.3 Å². The Morgan fingerprint density at radius 1 is 1.24 bits per heavy atom. The Bertz CT molecular complexity index is 1020. The maximum absolute atomic E-state index is 14.4. The normalized spacial score (nSPS) is 18.5. The fraction of sp³-hybridized carbons (Fsp3) is 0.368. The van der Waals surface area contributed by atoms with Crippen LogP contribution in [0.1, 0.15) is 21.6 Å². The van der Waals surface area contributed by atoms with Crippen molar-refractivity contribution in [3.8, 4) is 5.88 Å². The summed E-state index contributed by atoms with van der Waals surface area (Å²) in [6.07, 6.45) is -6.32. The van der Waals surface area contributed by atoms with Crippen molar-refractivity contribution in [3.05, 3.63) is 53.2 Å². The molecule has 1 atom stereocenters. The topological polar surface area (TPSA) is 99.7 Å². The highest BCUT2D eigenvalue weighted by molar-refractivity contribution is 5.95. The summed E-state index contributed by atoms with van der Waals surface area (Å²) in [5.74, 6) is -2.27. The quantitative estimate of drug-likeness (QED) is 0.465. The lowest BCUT2D eigenvalue weighted by Crippen LogP contribution is -2.45. The monoisotopic (exact) mass is 498 g/mol. The number of amidine groups is 1. The molecule has 1 aliphatic rings. The predicted molar refractivity (Wildman–Crippen MR) is 105 cm³/mol. The first-order chi connectivity index (χ1) is 15.0. The number of hydrogen-bond acceptors (Lipinski definition) is 7. The molecule has 0 bridgehead atoms. The summed E-state index contributed by atoms with van der Waals surface area (Å²) in [6, 6.07) is 3.21. The summed E-state index contributed by atoms with van der Waals surface area (Å²) < 4.78 is 88.1. The van der Waals surface area contributed by atoms with Crippen LogP contribution in [0.5, 0.6) is 5.88 Å². The number of aliphatic imine (C=N–C) groups is 1. The molecule has 1 aliphatic heterocycles. The minimum absolute atomic E-state index is 0. The molecule has 180 valence electrons. The highest BCUT2D eigenvalue weighted by Gasteiger charge is 2.46. The molecule has 3 rings (SSSR count). The maximum atomic E-state index is 14.4. The van der Waals surface area contributed by atoms with Crippen LogP contribution in [0, 0.1) is 5.82 Å². The smallest absolute Gasteiger partial charge is 0.422 e. The van der Waals surface area contributed by atoms with Gasteiger partial charge in [0.1, 0.15) is 24.0 Å². The van der Waals surface area contributed by atoms with E-state index in [1.54, 1.807) is 0 Å². The Morgan fingerprint density at radius 3 is 2.55 bits per heavy atom. The summed E-state index contributed by atoms with van der Waals surface area (Å²) in [5.41, 5.74) is 2.64. The first-order valence-corrected chi connectivity index (χ1v) is 9.04. The van der Waals surface area contributed by atoms with Crippen molar-refractivity contribution < 1.29 is 40.6 Å². The van der Waals surface area contributed by atoms with Crippen LogP contribution in [0.25, 0.3) is 0 Å². The van der Waals surface area contributed by atoms with Crippen molar-refractivity contribution in [2.75, 3.05) is 19.8 Å². The van der Waals surface area contributed by atoms with Gasteiger partial charge in [0.05, 0.1) is 19.0 Å². The molecule has 7 nitrogen and oxygen atoms in total. The lowest BCUT2D eigenvalue weighted by atomic mass is 9.88. The van der Waals surface area contributed by atoms with Gasteiger partial charge in [0, 0.05) is 12.0 Å². The zero-order chi connectivity index (χ0) is 23.5. The Hall–Kier alpha value is -2.93. The summed E-state index contributed by atoms with van der Waals surface area (Å²) in [4.78, 5) is 23.5. The number of carbonyl (C=O) groups excluding carboxylic acids is 1. The average molecular weight is 499 g/mol. The minimum atomic E-state index is -4.57. The molecule has 2 aromatic rings. The van der Waals surface area contributed by atoms with Gasteiger partial charge in [-0.2, -0.15) is 13.2 Å². The molecule has 33 heavy (non-hydrogen) atoms. The Morgan fingerprint density at radius 2 is 1.97 bits per heavy atom. The van der Waals surface area contributed by atoms with Gasteiger partial charge in [0.15, 0.2) is 17.9 Å². The third-order valence-corrected chi connectivity index (χ3v) is 4.44. The van der Waals surface area contributed by atoms with Crippen LogP contribution < -0.4 is 10.5 Å². The van der Waals surface area contributed by atoms with E-state index < -0.39 is 54.4 Å². The molecule has 2 N–H and O–H groups in total. The zero-order valence-electron chi connectivity index (χ0n) is 16.6. The number of benzene rings is 1. The first kappa shape index (κ1) is 26.3. The van der Waals surface area contributed by atoms with Crippen LogP contribution in [0.15, 0.2) is 35.6 Å². The zero-order valence-corrected chi connectivity index (χ0v) is 17.4. The summed E-state index contributed by atoms with van der Waals surface area (Å²) in [7, 11) is 0. The highest BCUT2D eigenvalue weighted by atomic mass is 35.5. The van der Waals surface area contributed by atoms with Gasteiger partial charge in [-0.15, -0.1) is 12.4 Å². The molecule has 0 fully saturated rings. The van der Waals surface area contributed by atoms with Crippen molar-refractivity contribution in [1.29, 1.82) is 0 Å². The van der Waals surface area contributed by atoms with Gasteiger partial charge in [-0.25, -0.2) is 23.1 Å². The molecule has 0 unspecified atom stereocenters. The molecule has 0 saturated heterocycles. The van der Waals surface area contributed by atoms with Crippen molar-refractivity contribution >= 4 is 24.0 Å². The highest BCUT2D eigenvalue weighted by Crippen LogP contribution is 2.37. The van der Waals surface area contributed by atoms with Gasteiger partial charge >= 0.3 is 6.18 Å². The van der Waals surface area contributed by atoms with Gasteiger partial charge in [-0.05, 0) is 17.7 Å². The van der Waals surface area contributed by atoms with Gasteiger partial charge in [0.2, 0.25) is 5.88 Å². The third kappa shape index (κ3) is 6.32. The van der Waals surface area contributed by atoms with E-state index in [1.807, 2.05) is 0 Å². The van der Waals surface area contributed by atoms with Crippen LogP contribution in [0.3, 0.4) is 0 Å². The number of hydrogen-bond donors (Lipinski definition) is 1. The molecule has 0 amide bonds. The van der Waals surface area contributed by atoms with Gasteiger partial charge in [-0.3, -0.25) is 9.79 Å². The van der Waals surface area contributed by atoms with E-state index in [9.17, 15) is 31.1 Å². The molecule has 1 aromatic carbocycles. The number of nitrogens with two attached hydrogens (primary N) is 1.